The molecule has 2 aromatic heterocycles. The molecule has 0 aliphatic carbocycles. The van der Waals surface area contributed by atoms with E-state index in [1.165, 1.54) is 6.07 Å². The van der Waals surface area contributed by atoms with Crippen molar-refractivity contribution < 1.29 is 4.39 Å². The van der Waals surface area contributed by atoms with Crippen molar-refractivity contribution in [2.24, 2.45) is 0 Å². The van der Waals surface area contributed by atoms with Crippen molar-refractivity contribution in [2.75, 3.05) is 29.9 Å². The summed E-state index contributed by atoms with van der Waals surface area (Å²) in [5.41, 5.74) is 0. The molecule has 1 saturated heterocycles. The van der Waals surface area contributed by atoms with Gasteiger partial charge in [-0.2, -0.15) is 0 Å². The third-order valence-corrected chi connectivity index (χ3v) is 4.39. The van der Waals surface area contributed by atoms with Gasteiger partial charge in [-0.25, -0.2) is 19.3 Å². The summed E-state index contributed by atoms with van der Waals surface area (Å²) in [6.45, 7) is 1.55. The smallest absolute Gasteiger partial charge is 0.166 e. The number of halogens is 2. The minimum atomic E-state index is -0.292. The Morgan fingerprint density at radius 3 is 3.00 bits per heavy atom. The van der Waals surface area contributed by atoms with Gasteiger partial charge in [-0.05, 0) is 40.9 Å². The van der Waals surface area contributed by atoms with Gasteiger partial charge in [0.1, 0.15) is 12.1 Å². The zero-order chi connectivity index (χ0) is 15.5. The van der Waals surface area contributed by atoms with Crippen molar-refractivity contribution in [3.05, 3.63) is 41.1 Å². The van der Waals surface area contributed by atoms with Crippen molar-refractivity contribution in [1.29, 1.82) is 0 Å². The van der Waals surface area contributed by atoms with E-state index in [2.05, 4.69) is 35.8 Å². The van der Waals surface area contributed by atoms with Crippen LogP contribution in [0, 0.1) is 5.82 Å². The summed E-state index contributed by atoms with van der Waals surface area (Å²) in [5, 5.41) is 0. The Morgan fingerprint density at radius 1 is 1.41 bits per heavy atom. The van der Waals surface area contributed by atoms with Crippen molar-refractivity contribution in [2.45, 2.75) is 18.9 Å². The third-order valence-electron chi connectivity index (χ3n) is 3.96. The van der Waals surface area contributed by atoms with Gasteiger partial charge >= 0.3 is 0 Å². The van der Waals surface area contributed by atoms with E-state index in [-0.39, 0.29) is 11.9 Å². The van der Waals surface area contributed by atoms with E-state index in [0.717, 1.165) is 31.7 Å². The number of hydrogen-bond donors (Lipinski definition) is 0. The first-order valence-corrected chi connectivity index (χ1v) is 7.99. The van der Waals surface area contributed by atoms with Gasteiger partial charge in [-0.15, -0.1) is 0 Å². The molecule has 1 aliphatic rings. The summed E-state index contributed by atoms with van der Waals surface area (Å²) in [6.07, 6.45) is 6.96. The first-order chi connectivity index (χ1) is 10.6. The van der Waals surface area contributed by atoms with Crippen molar-refractivity contribution in [1.82, 2.24) is 15.0 Å². The quantitative estimate of drug-likeness (QED) is 0.836. The molecule has 5 nitrogen and oxygen atoms in total. The molecular weight excluding hydrogens is 349 g/mol. The Morgan fingerprint density at radius 2 is 2.27 bits per heavy atom. The van der Waals surface area contributed by atoms with Crippen LogP contribution in [0.1, 0.15) is 12.8 Å². The second-order valence-corrected chi connectivity index (χ2v) is 6.30. The van der Waals surface area contributed by atoms with Gasteiger partial charge in [0.15, 0.2) is 11.6 Å². The molecular formula is C15H17BrFN5. The first-order valence-electron chi connectivity index (χ1n) is 7.20. The summed E-state index contributed by atoms with van der Waals surface area (Å²) >= 11 is 3.24. The van der Waals surface area contributed by atoms with Gasteiger partial charge in [0.05, 0.1) is 0 Å². The SMILES string of the molecule is CN(c1ccncn1)C1CCCN(c2ncc(Br)cc2F)C1. The molecule has 1 fully saturated rings. The van der Waals surface area contributed by atoms with Crippen LogP contribution in [0.4, 0.5) is 16.0 Å². The number of pyridine rings is 1. The van der Waals surface area contributed by atoms with Gasteiger partial charge in [0, 0.05) is 43.0 Å². The number of nitrogens with zero attached hydrogens (tertiary/aromatic N) is 5. The topological polar surface area (TPSA) is 45.2 Å². The third kappa shape index (κ3) is 3.19. The van der Waals surface area contributed by atoms with Gasteiger partial charge < -0.3 is 9.80 Å². The molecule has 0 aromatic carbocycles. The van der Waals surface area contributed by atoms with E-state index in [1.807, 2.05) is 18.0 Å². The molecule has 2 aromatic rings. The summed E-state index contributed by atoms with van der Waals surface area (Å²) in [6, 6.07) is 3.62. The fourth-order valence-electron chi connectivity index (χ4n) is 2.78. The molecule has 0 radical (unpaired) electrons. The van der Waals surface area contributed by atoms with E-state index in [9.17, 15) is 4.39 Å². The lowest BCUT2D eigenvalue weighted by Gasteiger charge is -2.38. The van der Waals surface area contributed by atoms with Crippen LogP contribution in [0.15, 0.2) is 35.3 Å². The zero-order valence-electron chi connectivity index (χ0n) is 12.3. The van der Waals surface area contributed by atoms with Crippen molar-refractivity contribution in [3.63, 3.8) is 0 Å². The molecule has 3 heterocycles. The van der Waals surface area contributed by atoms with Crippen LogP contribution in [0.3, 0.4) is 0 Å². The van der Waals surface area contributed by atoms with Crippen LogP contribution < -0.4 is 9.80 Å². The van der Waals surface area contributed by atoms with Crippen LogP contribution in [0.25, 0.3) is 0 Å². The second-order valence-electron chi connectivity index (χ2n) is 5.38. The monoisotopic (exact) mass is 365 g/mol. The molecule has 7 heteroatoms. The van der Waals surface area contributed by atoms with Crippen LogP contribution in [0.5, 0.6) is 0 Å². The highest BCUT2D eigenvalue weighted by Crippen LogP contribution is 2.25. The molecule has 0 spiro atoms. The maximum absolute atomic E-state index is 14.1. The lowest BCUT2D eigenvalue weighted by Crippen LogP contribution is -2.47. The van der Waals surface area contributed by atoms with Crippen LogP contribution in [-0.4, -0.2) is 41.1 Å². The molecule has 1 aliphatic heterocycles. The van der Waals surface area contributed by atoms with E-state index in [1.54, 1.807) is 18.7 Å². The van der Waals surface area contributed by atoms with E-state index >= 15 is 0 Å². The molecule has 22 heavy (non-hydrogen) atoms. The molecule has 0 N–H and O–H groups in total. The maximum Gasteiger partial charge on any atom is 0.166 e. The Hall–Kier alpha value is -1.76. The predicted octanol–water partition coefficient (Wildman–Crippen LogP) is 2.88. The number of anilines is 2. The minimum Gasteiger partial charge on any atom is -0.355 e. The lowest BCUT2D eigenvalue weighted by molar-refractivity contribution is 0.475. The van der Waals surface area contributed by atoms with Gasteiger partial charge in [0.25, 0.3) is 0 Å². The van der Waals surface area contributed by atoms with Crippen LogP contribution >= 0.6 is 15.9 Å². The molecule has 0 saturated carbocycles. The number of hydrogen-bond acceptors (Lipinski definition) is 5. The first kappa shape index (κ1) is 15.1. The Balaban J connectivity index is 1.77. The molecule has 3 rings (SSSR count). The Bertz CT molecular complexity index is 639. The number of piperidine rings is 1. The number of aromatic nitrogens is 3. The fourth-order valence-corrected chi connectivity index (χ4v) is 3.09. The summed E-state index contributed by atoms with van der Waals surface area (Å²) < 4.78 is 14.8. The summed E-state index contributed by atoms with van der Waals surface area (Å²) in [7, 11) is 2.02. The Labute approximate surface area is 137 Å². The zero-order valence-corrected chi connectivity index (χ0v) is 13.9. The van der Waals surface area contributed by atoms with Gasteiger partial charge in [-0.1, -0.05) is 0 Å². The molecule has 0 bridgehead atoms. The van der Waals surface area contributed by atoms with Crippen LogP contribution in [-0.2, 0) is 0 Å². The largest absolute Gasteiger partial charge is 0.355 e. The van der Waals surface area contributed by atoms with Gasteiger partial charge in [-0.3, -0.25) is 0 Å². The molecule has 116 valence electrons. The number of likely N-dealkylation sites (N-methyl/N-ethyl adjacent to an activating group) is 1. The highest BCUT2D eigenvalue weighted by molar-refractivity contribution is 9.10. The molecule has 1 unspecified atom stereocenters. The maximum atomic E-state index is 14.1. The summed E-state index contributed by atoms with van der Waals surface area (Å²) in [4.78, 5) is 16.6. The average molecular weight is 366 g/mol. The second kappa shape index (κ2) is 6.56. The Kier molecular flexibility index (Phi) is 4.52. The average Bonchev–Trinajstić information content (AvgIpc) is 2.55. The molecule has 0 amide bonds. The predicted molar refractivity (Wildman–Crippen MR) is 87.6 cm³/mol. The standard InChI is InChI=1S/C15H17BrFN5/c1-21(14-4-5-18-10-20-14)12-3-2-6-22(9-12)15-13(17)7-11(16)8-19-15/h4-5,7-8,10,12H,2-3,6,9H2,1H3. The highest BCUT2D eigenvalue weighted by Gasteiger charge is 2.26. The summed E-state index contributed by atoms with van der Waals surface area (Å²) in [5.74, 6) is 1.01. The lowest BCUT2D eigenvalue weighted by atomic mass is 10.0. The van der Waals surface area contributed by atoms with Gasteiger partial charge in [0.2, 0.25) is 0 Å². The van der Waals surface area contributed by atoms with E-state index in [0.29, 0.717) is 10.3 Å². The van der Waals surface area contributed by atoms with E-state index in [4.69, 9.17) is 0 Å². The number of rotatable bonds is 3. The minimum absolute atomic E-state index is 0.272. The normalized spacial score (nSPS) is 18.3. The van der Waals surface area contributed by atoms with Crippen molar-refractivity contribution >= 4 is 27.6 Å². The molecule has 1 atom stereocenters. The fraction of sp³-hybridized carbons (Fsp3) is 0.400. The van der Waals surface area contributed by atoms with Crippen LogP contribution in [0.2, 0.25) is 0 Å². The van der Waals surface area contributed by atoms with Crippen molar-refractivity contribution in [3.8, 4) is 0 Å². The van der Waals surface area contributed by atoms with E-state index < -0.39 is 0 Å². The highest BCUT2D eigenvalue weighted by atomic mass is 79.9.